The molecule has 1 rings (SSSR count). The minimum absolute atomic E-state index is 0.172. The maximum absolute atomic E-state index is 12.2. The van der Waals surface area contributed by atoms with Gasteiger partial charge in [-0.05, 0) is 30.6 Å². The van der Waals surface area contributed by atoms with Gasteiger partial charge in [0.25, 0.3) is 0 Å². The van der Waals surface area contributed by atoms with Gasteiger partial charge in [0.1, 0.15) is 6.54 Å². The highest BCUT2D eigenvalue weighted by molar-refractivity contribution is 5.80. The van der Waals surface area contributed by atoms with Crippen LogP contribution >= 0.6 is 0 Å². The smallest absolute Gasteiger partial charge is 0.323 e. The Morgan fingerprint density at radius 3 is 2.37 bits per heavy atom. The number of urea groups is 1. The van der Waals surface area contributed by atoms with Gasteiger partial charge >= 0.3 is 12.0 Å². The van der Waals surface area contributed by atoms with Gasteiger partial charge in [-0.25, -0.2) is 4.79 Å². The van der Waals surface area contributed by atoms with Crippen molar-refractivity contribution in [1.29, 1.82) is 0 Å². The molecule has 0 saturated heterocycles. The first-order chi connectivity index (χ1) is 8.81. The Balaban J connectivity index is 2.58. The van der Waals surface area contributed by atoms with Crippen molar-refractivity contribution in [2.45, 2.75) is 46.6 Å². The van der Waals surface area contributed by atoms with Crippen LogP contribution in [0.15, 0.2) is 0 Å². The van der Waals surface area contributed by atoms with E-state index in [0.29, 0.717) is 18.4 Å². The maximum atomic E-state index is 12.2. The molecule has 1 aliphatic carbocycles. The first kappa shape index (κ1) is 15.8. The zero-order valence-corrected chi connectivity index (χ0v) is 12.3. The Morgan fingerprint density at radius 2 is 1.95 bits per heavy atom. The van der Waals surface area contributed by atoms with Crippen LogP contribution in [0.1, 0.15) is 40.5 Å². The molecule has 3 unspecified atom stereocenters. The molecule has 0 aromatic rings. The molecule has 0 aliphatic heterocycles. The molecule has 1 fully saturated rings. The third-order valence-corrected chi connectivity index (χ3v) is 3.97. The number of rotatable bonds is 5. The van der Waals surface area contributed by atoms with Crippen molar-refractivity contribution in [3.8, 4) is 0 Å². The Morgan fingerprint density at radius 1 is 1.32 bits per heavy atom. The molecule has 5 nitrogen and oxygen atoms in total. The van der Waals surface area contributed by atoms with E-state index in [1.807, 2.05) is 13.8 Å². The van der Waals surface area contributed by atoms with Crippen LogP contribution in [0.4, 0.5) is 4.79 Å². The number of hydrogen-bond acceptors (Lipinski definition) is 2. The van der Waals surface area contributed by atoms with Crippen LogP contribution in [0.2, 0.25) is 0 Å². The molecule has 3 atom stereocenters. The molecule has 0 aromatic heterocycles. The highest BCUT2D eigenvalue weighted by Crippen LogP contribution is 2.31. The van der Waals surface area contributed by atoms with Gasteiger partial charge < -0.3 is 15.3 Å². The first-order valence-electron chi connectivity index (χ1n) is 7.08. The van der Waals surface area contributed by atoms with Gasteiger partial charge in [0.2, 0.25) is 0 Å². The summed E-state index contributed by atoms with van der Waals surface area (Å²) in [6.07, 6.45) is 2.10. The fourth-order valence-electron chi connectivity index (χ4n) is 2.64. The molecule has 0 radical (unpaired) electrons. The third kappa shape index (κ3) is 4.73. The number of nitrogens with one attached hydrogen (secondary N) is 1. The molecule has 5 heteroatoms. The number of carbonyl (C=O) groups is 2. The number of amides is 2. The summed E-state index contributed by atoms with van der Waals surface area (Å²) in [4.78, 5) is 24.4. The van der Waals surface area contributed by atoms with Crippen molar-refractivity contribution in [3.05, 3.63) is 0 Å². The van der Waals surface area contributed by atoms with Crippen LogP contribution in [-0.4, -0.2) is 41.1 Å². The SMILES string of the molecule is CC(C)CN(CC(=O)O)C(=O)NC1CCC(C)C1C. The molecular formula is C14H26N2O3. The minimum Gasteiger partial charge on any atom is -0.480 e. The van der Waals surface area contributed by atoms with Crippen LogP contribution < -0.4 is 5.32 Å². The average molecular weight is 270 g/mol. The number of hydrogen-bond donors (Lipinski definition) is 2. The van der Waals surface area contributed by atoms with E-state index < -0.39 is 5.97 Å². The summed E-state index contributed by atoms with van der Waals surface area (Å²) < 4.78 is 0. The molecule has 0 heterocycles. The predicted molar refractivity (Wildman–Crippen MR) is 73.9 cm³/mol. The quantitative estimate of drug-likeness (QED) is 0.804. The van der Waals surface area contributed by atoms with Gasteiger partial charge in [0, 0.05) is 12.6 Å². The summed E-state index contributed by atoms with van der Waals surface area (Å²) in [5.74, 6) is 0.353. The summed E-state index contributed by atoms with van der Waals surface area (Å²) in [6, 6.07) is -0.0759. The summed E-state index contributed by atoms with van der Waals surface area (Å²) >= 11 is 0. The van der Waals surface area contributed by atoms with Crippen LogP contribution in [0.5, 0.6) is 0 Å². The fraction of sp³-hybridized carbons (Fsp3) is 0.857. The number of carboxylic acid groups (broad SMARTS) is 1. The van der Waals surface area contributed by atoms with Crippen molar-refractivity contribution in [3.63, 3.8) is 0 Å². The fourth-order valence-corrected chi connectivity index (χ4v) is 2.64. The maximum Gasteiger partial charge on any atom is 0.323 e. The summed E-state index contributed by atoms with van der Waals surface area (Å²) in [6.45, 7) is 8.52. The molecule has 0 bridgehead atoms. The lowest BCUT2D eigenvalue weighted by Gasteiger charge is -2.27. The van der Waals surface area contributed by atoms with Gasteiger partial charge in [-0.2, -0.15) is 0 Å². The lowest BCUT2D eigenvalue weighted by Crippen LogP contribution is -2.48. The number of carbonyl (C=O) groups excluding carboxylic acids is 1. The van der Waals surface area contributed by atoms with Crippen LogP contribution in [0.25, 0.3) is 0 Å². The lowest BCUT2D eigenvalue weighted by molar-refractivity contribution is -0.137. The van der Waals surface area contributed by atoms with Crippen LogP contribution in [0.3, 0.4) is 0 Å². The van der Waals surface area contributed by atoms with Crippen molar-refractivity contribution < 1.29 is 14.7 Å². The third-order valence-electron chi connectivity index (χ3n) is 3.97. The van der Waals surface area contributed by atoms with E-state index in [-0.39, 0.29) is 24.5 Å². The number of aliphatic carboxylic acids is 1. The Bertz CT molecular complexity index is 331. The zero-order valence-electron chi connectivity index (χ0n) is 12.3. The molecular weight excluding hydrogens is 244 g/mol. The van der Waals surface area contributed by atoms with Gasteiger partial charge in [-0.3, -0.25) is 4.79 Å². The first-order valence-corrected chi connectivity index (χ1v) is 7.08. The van der Waals surface area contributed by atoms with Crippen molar-refractivity contribution in [1.82, 2.24) is 10.2 Å². The average Bonchev–Trinajstić information content (AvgIpc) is 2.59. The van der Waals surface area contributed by atoms with Gasteiger partial charge in [0.05, 0.1) is 0 Å². The monoisotopic (exact) mass is 270 g/mol. The Hall–Kier alpha value is -1.26. The van der Waals surface area contributed by atoms with E-state index >= 15 is 0 Å². The number of nitrogens with zero attached hydrogens (tertiary/aromatic N) is 1. The molecule has 110 valence electrons. The van der Waals surface area contributed by atoms with E-state index in [9.17, 15) is 9.59 Å². The topological polar surface area (TPSA) is 69.6 Å². The van der Waals surface area contributed by atoms with Gasteiger partial charge in [-0.15, -0.1) is 0 Å². The van der Waals surface area contributed by atoms with Gasteiger partial charge in [-0.1, -0.05) is 27.7 Å². The molecule has 0 aromatic carbocycles. The molecule has 1 aliphatic rings. The second kappa shape index (κ2) is 6.78. The minimum atomic E-state index is -0.969. The second-order valence-corrected chi connectivity index (χ2v) is 6.14. The van der Waals surface area contributed by atoms with E-state index in [0.717, 1.165) is 12.8 Å². The highest BCUT2D eigenvalue weighted by Gasteiger charge is 2.32. The zero-order chi connectivity index (χ0) is 14.6. The summed E-state index contributed by atoms with van der Waals surface area (Å²) in [7, 11) is 0. The Labute approximate surface area is 115 Å². The van der Waals surface area contributed by atoms with Crippen molar-refractivity contribution in [2.75, 3.05) is 13.1 Å². The molecule has 2 N–H and O–H groups in total. The predicted octanol–water partition coefficient (Wildman–Crippen LogP) is 2.17. The van der Waals surface area contributed by atoms with Crippen molar-refractivity contribution >= 4 is 12.0 Å². The highest BCUT2D eigenvalue weighted by atomic mass is 16.4. The van der Waals surface area contributed by atoms with E-state index in [1.54, 1.807) is 0 Å². The largest absolute Gasteiger partial charge is 0.480 e. The van der Waals surface area contributed by atoms with E-state index in [1.165, 1.54) is 4.90 Å². The van der Waals surface area contributed by atoms with Crippen LogP contribution in [0, 0.1) is 17.8 Å². The van der Waals surface area contributed by atoms with Crippen LogP contribution in [-0.2, 0) is 4.79 Å². The van der Waals surface area contributed by atoms with Gasteiger partial charge in [0.15, 0.2) is 0 Å². The number of carboxylic acids is 1. The van der Waals surface area contributed by atoms with Crippen molar-refractivity contribution in [2.24, 2.45) is 17.8 Å². The molecule has 2 amide bonds. The van der Waals surface area contributed by atoms with E-state index in [2.05, 4.69) is 19.2 Å². The standard InChI is InChI=1S/C14H26N2O3/c1-9(2)7-16(8-13(17)18)14(19)15-12-6-5-10(3)11(12)4/h9-12H,5-8H2,1-4H3,(H,15,19)(H,17,18). The normalized spacial score (nSPS) is 26.5. The summed E-state index contributed by atoms with van der Waals surface area (Å²) in [5, 5.41) is 11.9. The lowest BCUT2D eigenvalue weighted by atomic mass is 9.98. The molecule has 1 saturated carbocycles. The Kier molecular flexibility index (Phi) is 5.63. The molecule has 0 spiro atoms. The summed E-state index contributed by atoms with van der Waals surface area (Å²) in [5.41, 5.74) is 0. The second-order valence-electron chi connectivity index (χ2n) is 6.14. The van der Waals surface area contributed by atoms with E-state index in [4.69, 9.17) is 5.11 Å². The molecule has 19 heavy (non-hydrogen) atoms.